The molecule has 10 heteroatoms. The number of sulfonamides is 1. The molecule has 0 spiro atoms. The molecule has 0 aliphatic heterocycles. The number of methoxy groups -OCH3 is 1. The Bertz CT molecular complexity index is 852. The van der Waals surface area contributed by atoms with Crippen LogP contribution in [0.3, 0.4) is 0 Å². The lowest BCUT2D eigenvalue weighted by Crippen LogP contribution is -2.36. The third-order valence-electron chi connectivity index (χ3n) is 3.13. The van der Waals surface area contributed by atoms with Gasteiger partial charge in [-0.3, -0.25) is 4.98 Å². The Morgan fingerprint density at radius 1 is 1.33 bits per heavy atom. The highest BCUT2D eigenvalue weighted by molar-refractivity contribution is 7.92. The second kappa shape index (κ2) is 7.69. The summed E-state index contributed by atoms with van der Waals surface area (Å²) in [5.41, 5.74) is 0.0769. The van der Waals surface area contributed by atoms with Crippen LogP contribution >= 0.6 is 23.2 Å². The lowest BCUT2D eigenvalue weighted by molar-refractivity contribution is 0.210. The summed E-state index contributed by atoms with van der Waals surface area (Å²) in [5.74, 6) is 0. The minimum Gasteiger partial charge on any atom is -0.363 e. The molecule has 0 aliphatic carbocycles. The van der Waals surface area contributed by atoms with Gasteiger partial charge in [-0.05, 0) is 24.3 Å². The predicted octanol–water partition coefficient (Wildman–Crippen LogP) is 2.45. The minimum absolute atomic E-state index is 0.0419. The van der Waals surface area contributed by atoms with Crippen LogP contribution in [0.1, 0.15) is 5.56 Å². The maximum absolute atomic E-state index is 13.0. The van der Waals surface area contributed by atoms with Crippen LogP contribution in [-0.2, 0) is 21.4 Å². The molecule has 0 amide bonds. The molecule has 5 nitrogen and oxygen atoms in total. The zero-order valence-corrected chi connectivity index (χ0v) is 14.9. The molecule has 1 heterocycles. The molecule has 0 N–H and O–H groups in total. The molecule has 0 fully saturated rings. The molecule has 0 unspecified atom stereocenters. The minimum atomic E-state index is -4.10. The molecule has 0 saturated heterocycles. The second-order valence-electron chi connectivity index (χ2n) is 4.72. The van der Waals surface area contributed by atoms with E-state index >= 15 is 0 Å². The fourth-order valence-corrected chi connectivity index (χ4v) is 3.72. The maximum atomic E-state index is 13.0. The first-order valence-electron chi connectivity index (χ1n) is 6.58. The first kappa shape index (κ1) is 19.0. The fourth-order valence-electron chi connectivity index (χ4n) is 1.97. The Morgan fingerprint density at radius 2 is 2.04 bits per heavy atom. The van der Waals surface area contributed by atoms with E-state index in [1.54, 1.807) is 0 Å². The largest absolute Gasteiger partial charge is 0.363 e. The average Bonchev–Trinajstić information content (AvgIpc) is 2.55. The van der Waals surface area contributed by atoms with Crippen LogP contribution in [0.2, 0.25) is 10.0 Å². The van der Waals surface area contributed by atoms with E-state index in [9.17, 15) is 12.8 Å². The number of rotatable bonds is 6. The molecular weight excluding hydrogens is 377 g/mol. The van der Waals surface area contributed by atoms with E-state index in [2.05, 4.69) is 4.98 Å². The van der Waals surface area contributed by atoms with Crippen LogP contribution < -0.4 is 9.90 Å². The molecule has 0 aliphatic rings. The van der Waals surface area contributed by atoms with Gasteiger partial charge in [0.25, 0.3) is 10.0 Å². The zero-order chi connectivity index (χ0) is 17.9. The molecule has 2 rings (SSSR count). The van der Waals surface area contributed by atoms with Gasteiger partial charge in [0.05, 0.1) is 15.6 Å². The lowest BCUT2D eigenvalue weighted by Gasteiger charge is -2.25. The number of pyridine rings is 1. The maximum Gasteiger partial charge on any atom is 0.266 e. The highest BCUT2D eigenvalue weighted by Gasteiger charge is 2.27. The van der Waals surface area contributed by atoms with Crippen molar-refractivity contribution in [2.75, 3.05) is 18.1 Å². The number of halogens is 3. The van der Waals surface area contributed by atoms with Crippen molar-refractivity contribution >= 4 is 52.4 Å². The summed E-state index contributed by atoms with van der Waals surface area (Å²) in [6.45, 7) is -1.23. The van der Waals surface area contributed by atoms with Crippen LogP contribution in [-0.4, -0.2) is 35.1 Å². The first-order valence-corrected chi connectivity index (χ1v) is 8.78. The third-order valence-corrected chi connectivity index (χ3v) is 5.44. The quantitative estimate of drug-likeness (QED) is 0.563. The molecular formula is C14H12BCl2FN2O3S. The van der Waals surface area contributed by atoms with Crippen molar-refractivity contribution in [3.8, 4) is 0 Å². The van der Waals surface area contributed by atoms with Crippen molar-refractivity contribution in [3.63, 3.8) is 0 Å². The second-order valence-corrected chi connectivity index (χ2v) is 7.42. The number of hydrogen-bond acceptors (Lipinski definition) is 4. The van der Waals surface area contributed by atoms with Gasteiger partial charge in [0, 0.05) is 29.5 Å². The van der Waals surface area contributed by atoms with E-state index in [1.807, 2.05) is 0 Å². The standard InChI is InChI=1S/C14H12BCl2FN2O3S/c1-23-8-20(13-5-10(16)7-19-14(13)15)24(21,22)11-2-3-12(17)9(4-11)6-18/h2-5,7H,6,8H2,1H3. The third kappa shape index (κ3) is 3.83. The number of ether oxygens (including phenoxy) is 1. The highest BCUT2D eigenvalue weighted by atomic mass is 35.5. The molecule has 0 saturated carbocycles. The topological polar surface area (TPSA) is 59.5 Å². The lowest BCUT2D eigenvalue weighted by atomic mass is 10.0. The summed E-state index contributed by atoms with van der Waals surface area (Å²) in [4.78, 5) is 3.68. The van der Waals surface area contributed by atoms with Gasteiger partial charge in [0.2, 0.25) is 0 Å². The summed E-state index contributed by atoms with van der Waals surface area (Å²) in [7, 11) is 2.99. The van der Waals surface area contributed by atoms with Gasteiger partial charge < -0.3 is 4.74 Å². The van der Waals surface area contributed by atoms with Gasteiger partial charge in [-0.1, -0.05) is 23.2 Å². The Morgan fingerprint density at radius 3 is 2.67 bits per heavy atom. The van der Waals surface area contributed by atoms with Gasteiger partial charge in [0.15, 0.2) is 0 Å². The van der Waals surface area contributed by atoms with Crippen molar-refractivity contribution in [2.45, 2.75) is 11.6 Å². The molecule has 2 radical (unpaired) electrons. The van der Waals surface area contributed by atoms with Crippen molar-refractivity contribution < 1.29 is 17.5 Å². The van der Waals surface area contributed by atoms with Crippen molar-refractivity contribution in [1.29, 1.82) is 0 Å². The molecule has 126 valence electrons. The van der Waals surface area contributed by atoms with Crippen LogP contribution in [0.4, 0.5) is 10.1 Å². The number of nitrogens with zero attached hydrogens (tertiary/aromatic N) is 2. The van der Waals surface area contributed by atoms with Gasteiger partial charge >= 0.3 is 0 Å². The van der Waals surface area contributed by atoms with Crippen LogP contribution in [0, 0.1) is 0 Å². The monoisotopic (exact) mass is 388 g/mol. The zero-order valence-electron chi connectivity index (χ0n) is 12.5. The van der Waals surface area contributed by atoms with E-state index in [0.717, 1.165) is 10.4 Å². The normalized spacial score (nSPS) is 11.5. The Labute approximate surface area is 150 Å². The van der Waals surface area contributed by atoms with Crippen molar-refractivity contribution in [2.24, 2.45) is 0 Å². The summed E-state index contributed by atoms with van der Waals surface area (Å²) in [6, 6.07) is 5.10. The molecule has 1 aromatic carbocycles. The summed E-state index contributed by atoms with van der Waals surface area (Å²) < 4.78 is 44.7. The van der Waals surface area contributed by atoms with Crippen molar-refractivity contribution in [3.05, 3.63) is 46.1 Å². The van der Waals surface area contributed by atoms with E-state index in [1.165, 1.54) is 31.5 Å². The summed E-state index contributed by atoms with van der Waals surface area (Å²) in [5, 5.41) is 0.342. The van der Waals surface area contributed by atoms with Gasteiger partial charge in [0.1, 0.15) is 21.3 Å². The Balaban J connectivity index is 2.59. The highest BCUT2D eigenvalue weighted by Crippen LogP contribution is 2.27. The summed E-state index contributed by atoms with van der Waals surface area (Å²) >= 11 is 11.7. The van der Waals surface area contributed by atoms with E-state index in [0.29, 0.717) is 0 Å². The molecule has 2 aromatic rings. The van der Waals surface area contributed by atoms with Gasteiger partial charge in [-0.25, -0.2) is 17.1 Å². The van der Waals surface area contributed by atoms with E-state index < -0.39 is 16.7 Å². The van der Waals surface area contributed by atoms with Gasteiger partial charge in [-0.15, -0.1) is 0 Å². The number of alkyl halides is 1. The molecule has 0 bridgehead atoms. The molecule has 24 heavy (non-hydrogen) atoms. The summed E-state index contributed by atoms with van der Waals surface area (Å²) in [6.07, 6.45) is 1.29. The SMILES string of the molecule is [B]c1ncc(Cl)cc1N(COC)S(=O)(=O)c1ccc(Cl)c(CF)c1. The van der Waals surface area contributed by atoms with Crippen LogP contribution in [0.15, 0.2) is 35.4 Å². The number of hydrogen-bond donors (Lipinski definition) is 0. The Hall–Kier alpha value is -1.35. The van der Waals surface area contributed by atoms with Gasteiger partial charge in [-0.2, -0.15) is 0 Å². The van der Waals surface area contributed by atoms with E-state index in [-0.39, 0.29) is 38.5 Å². The van der Waals surface area contributed by atoms with Crippen molar-refractivity contribution in [1.82, 2.24) is 4.98 Å². The molecule has 0 atom stereocenters. The fraction of sp³-hybridized carbons (Fsp3) is 0.214. The molecule has 1 aromatic heterocycles. The smallest absolute Gasteiger partial charge is 0.266 e. The number of aromatic nitrogens is 1. The average molecular weight is 389 g/mol. The van der Waals surface area contributed by atoms with E-state index in [4.69, 9.17) is 35.8 Å². The Kier molecular flexibility index (Phi) is 6.09. The number of benzene rings is 1. The van der Waals surface area contributed by atoms with Crippen LogP contribution in [0.5, 0.6) is 0 Å². The first-order chi connectivity index (χ1) is 11.3. The number of anilines is 1. The predicted molar refractivity (Wildman–Crippen MR) is 92.4 cm³/mol. The van der Waals surface area contributed by atoms with Crippen LogP contribution in [0.25, 0.3) is 0 Å².